The van der Waals surface area contributed by atoms with Crippen molar-refractivity contribution in [3.05, 3.63) is 80.3 Å². The largest absolute Gasteiger partial charge is 0.360 e. The summed E-state index contributed by atoms with van der Waals surface area (Å²) in [6.45, 7) is 0.266. The van der Waals surface area contributed by atoms with Gasteiger partial charge in [0, 0.05) is 22.4 Å². The van der Waals surface area contributed by atoms with Gasteiger partial charge in [0.15, 0.2) is 0 Å². The maximum Gasteiger partial charge on any atom is 0.235 e. The first-order valence-electron chi connectivity index (χ1n) is 8.35. The molecular formula is C19H19BrN2O4. The zero-order chi connectivity index (χ0) is 18.5. The van der Waals surface area contributed by atoms with E-state index in [1.807, 2.05) is 54.6 Å². The highest BCUT2D eigenvalue weighted by atomic mass is 79.9. The predicted octanol–water partition coefficient (Wildman–Crippen LogP) is 2.93. The van der Waals surface area contributed by atoms with Crippen LogP contribution in [0.3, 0.4) is 0 Å². The van der Waals surface area contributed by atoms with Crippen molar-refractivity contribution in [2.45, 2.75) is 30.7 Å². The fourth-order valence-electron chi connectivity index (χ4n) is 3.22. The number of rotatable bonds is 6. The number of benzene rings is 2. The topological polar surface area (TPSA) is 81.5 Å². The third kappa shape index (κ3) is 4.35. The Kier molecular flexibility index (Phi) is 6.13. The van der Waals surface area contributed by atoms with Crippen molar-refractivity contribution in [1.82, 2.24) is 5.32 Å². The molecule has 0 amide bonds. The average Bonchev–Trinajstić information content (AvgIpc) is 2.67. The van der Waals surface area contributed by atoms with E-state index in [1.165, 1.54) is 0 Å². The van der Waals surface area contributed by atoms with Gasteiger partial charge in [-0.1, -0.05) is 58.4 Å². The number of nitrogens with zero attached hydrogens (tertiary/aromatic N) is 1. The SMILES string of the molecule is O=C[C@H]1CN[C@H](C(Cc2ccc(Br)cc2)[N+](=O)[O-])[C@H](c2ccccc2)O1. The van der Waals surface area contributed by atoms with Crippen molar-refractivity contribution in [2.75, 3.05) is 6.54 Å². The molecule has 26 heavy (non-hydrogen) atoms. The van der Waals surface area contributed by atoms with Crippen LogP contribution in [0.15, 0.2) is 59.1 Å². The maximum atomic E-state index is 11.8. The van der Waals surface area contributed by atoms with Crippen LogP contribution in [0.5, 0.6) is 0 Å². The summed E-state index contributed by atoms with van der Waals surface area (Å²) in [5.41, 5.74) is 1.69. The van der Waals surface area contributed by atoms with Crippen molar-refractivity contribution in [3.63, 3.8) is 0 Å². The van der Waals surface area contributed by atoms with Gasteiger partial charge in [0.2, 0.25) is 6.04 Å². The molecule has 1 saturated heterocycles. The maximum absolute atomic E-state index is 11.8. The van der Waals surface area contributed by atoms with E-state index < -0.39 is 24.3 Å². The van der Waals surface area contributed by atoms with Crippen LogP contribution in [-0.4, -0.2) is 35.9 Å². The highest BCUT2D eigenvalue weighted by molar-refractivity contribution is 9.10. The Morgan fingerprint density at radius 1 is 1.23 bits per heavy atom. The molecule has 4 atom stereocenters. The van der Waals surface area contributed by atoms with Crippen LogP contribution < -0.4 is 5.32 Å². The molecule has 3 rings (SSSR count). The lowest BCUT2D eigenvalue weighted by Gasteiger charge is -2.37. The van der Waals surface area contributed by atoms with Crippen LogP contribution in [0, 0.1) is 10.1 Å². The number of ether oxygens (including phenoxy) is 1. The molecule has 0 spiro atoms. The highest BCUT2D eigenvalue weighted by Gasteiger charge is 2.42. The Morgan fingerprint density at radius 3 is 2.54 bits per heavy atom. The number of hydrogen-bond donors (Lipinski definition) is 1. The third-order valence-electron chi connectivity index (χ3n) is 4.53. The highest BCUT2D eigenvalue weighted by Crippen LogP contribution is 2.29. The lowest BCUT2D eigenvalue weighted by atomic mass is 9.90. The van der Waals surface area contributed by atoms with Crippen LogP contribution in [0.1, 0.15) is 17.2 Å². The molecule has 0 radical (unpaired) electrons. The summed E-state index contributed by atoms with van der Waals surface area (Å²) in [7, 11) is 0. The predicted molar refractivity (Wildman–Crippen MR) is 101 cm³/mol. The number of carbonyl (C=O) groups is 1. The zero-order valence-electron chi connectivity index (χ0n) is 14.0. The van der Waals surface area contributed by atoms with E-state index in [-0.39, 0.29) is 17.9 Å². The minimum Gasteiger partial charge on any atom is -0.360 e. The molecule has 1 aliphatic heterocycles. The van der Waals surface area contributed by atoms with Gasteiger partial charge in [0.25, 0.3) is 0 Å². The molecule has 6 nitrogen and oxygen atoms in total. The minimum atomic E-state index is -0.881. The monoisotopic (exact) mass is 418 g/mol. The lowest BCUT2D eigenvalue weighted by molar-refractivity contribution is -0.530. The first-order chi connectivity index (χ1) is 12.6. The number of nitrogens with one attached hydrogen (secondary N) is 1. The summed E-state index contributed by atoms with van der Waals surface area (Å²) < 4.78 is 6.80. The first-order valence-corrected chi connectivity index (χ1v) is 9.15. The molecule has 0 aliphatic carbocycles. The average molecular weight is 419 g/mol. The second-order valence-corrected chi connectivity index (χ2v) is 7.17. The molecule has 1 fully saturated rings. The Bertz CT molecular complexity index is 754. The first kappa shape index (κ1) is 18.7. The summed E-state index contributed by atoms with van der Waals surface area (Å²) in [5.74, 6) is 0. The van der Waals surface area contributed by atoms with Gasteiger partial charge in [0.1, 0.15) is 24.5 Å². The fourth-order valence-corrected chi connectivity index (χ4v) is 3.49. The van der Waals surface area contributed by atoms with Gasteiger partial charge in [-0.25, -0.2) is 0 Å². The molecule has 136 valence electrons. The smallest absolute Gasteiger partial charge is 0.235 e. The van der Waals surface area contributed by atoms with E-state index in [1.54, 1.807) is 0 Å². The molecule has 0 bridgehead atoms. The van der Waals surface area contributed by atoms with E-state index in [4.69, 9.17) is 4.74 Å². The van der Waals surface area contributed by atoms with Gasteiger partial charge < -0.3 is 14.8 Å². The summed E-state index contributed by atoms with van der Waals surface area (Å²) in [6.07, 6.45) is -0.173. The van der Waals surface area contributed by atoms with Crippen molar-refractivity contribution in [2.24, 2.45) is 0 Å². The van der Waals surface area contributed by atoms with Crippen LogP contribution in [0.4, 0.5) is 0 Å². The minimum absolute atomic E-state index is 0.264. The van der Waals surface area contributed by atoms with E-state index >= 15 is 0 Å². The van der Waals surface area contributed by atoms with Crippen molar-refractivity contribution in [1.29, 1.82) is 0 Å². The Morgan fingerprint density at radius 2 is 1.92 bits per heavy atom. The second kappa shape index (κ2) is 8.53. The number of nitro groups is 1. The molecule has 1 N–H and O–H groups in total. The molecule has 1 unspecified atom stereocenters. The number of halogens is 1. The Labute approximate surface area is 159 Å². The standard InChI is InChI=1S/C19H19BrN2O4/c20-15-8-6-13(7-9-15)10-17(22(24)25)18-19(14-4-2-1-3-5-14)26-16(12-23)11-21-18/h1-9,12,16-19,21H,10-11H2/t16-,17?,18-,19+/m1/s1. The Hall–Kier alpha value is -2.09. The van der Waals surface area contributed by atoms with Gasteiger partial charge in [-0.2, -0.15) is 0 Å². The normalized spacial score (nSPS) is 24.0. The number of morpholine rings is 1. The zero-order valence-corrected chi connectivity index (χ0v) is 15.5. The Balaban J connectivity index is 1.88. The van der Waals surface area contributed by atoms with Crippen molar-refractivity contribution in [3.8, 4) is 0 Å². The molecule has 0 aromatic heterocycles. The second-order valence-electron chi connectivity index (χ2n) is 6.26. The summed E-state index contributed by atoms with van der Waals surface area (Å²) in [4.78, 5) is 22.7. The number of aldehydes is 1. The van der Waals surface area contributed by atoms with Crippen LogP contribution in [0.25, 0.3) is 0 Å². The third-order valence-corrected chi connectivity index (χ3v) is 5.05. The number of hydrogen-bond acceptors (Lipinski definition) is 5. The summed E-state index contributed by atoms with van der Waals surface area (Å²) >= 11 is 3.37. The van der Waals surface area contributed by atoms with Gasteiger partial charge >= 0.3 is 0 Å². The molecule has 2 aromatic rings. The molecule has 2 aromatic carbocycles. The van der Waals surface area contributed by atoms with E-state index in [9.17, 15) is 14.9 Å². The quantitative estimate of drug-likeness (QED) is 0.443. The van der Waals surface area contributed by atoms with Crippen LogP contribution in [-0.2, 0) is 16.0 Å². The van der Waals surface area contributed by atoms with Gasteiger partial charge in [0.05, 0.1) is 0 Å². The van der Waals surface area contributed by atoms with Crippen LogP contribution >= 0.6 is 15.9 Å². The molecule has 1 heterocycles. The van der Waals surface area contributed by atoms with Gasteiger partial charge in [-0.3, -0.25) is 10.1 Å². The van der Waals surface area contributed by atoms with Gasteiger partial charge in [-0.15, -0.1) is 0 Å². The van der Waals surface area contributed by atoms with Crippen molar-refractivity contribution >= 4 is 22.2 Å². The molecular weight excluding hydrogens is 400 g/mol. The van der Waals surface area contributed by atoms with Crippen molar-refractivity contribution < 1.29 is 14.5 Å². The van der Waals surface area contributed by atoms with E-state index in [2.05, 4.69) is 21.2 Å². The van der Waals surface area contributed by atoms with Crippen LogP contribution in [0.2, 0.25) is 0 Å². The summed E-state index contributed by atoms with van der Waals surface area (Å²) in [6, 6.07) is 15.4. The molecule has 7 heteroatoms. The van der Waals surface area contributed by atoms with Gasteiger partial charge in [-0.05, 0) is 23.3 Å². The molecule has 1 aliphatic rings. The lowest BCUT2D eigenvalue weighted by Crippen LogP contribution is -2.56. The summed E-state index contributed by atoms with van der Waals surface area (Å²) in [5, 5.41) is 15.0. The number of carbonyl (C=O) groups excluding carboxylic acids is 1. The van der Waals surface area contributed by atoms with E-state index in [0.29, 0.717) is 0 Å². The van der Waals surface area contributed by atoms with E-state index in [0.717, 1.165) is 21.9 Å². The fraction of sp³-hybridized carbons (Fsp3) is 0.316. The molecule has 0 saturated carbocycles.